The Morgan fingerprint density at radius 3 is 2.44 bits per heavy atom. The number of hydrogen-bond donors (Lipinski definition) is 1. The van der Waals surface area contributed by atoms with Gasteiger partial charge in [0.15, 0.2) is 0 Å². The van der Waals surface area contributed by atoms with Crippen molar-refractivity contribution in [3.63, 3.8) is 0 Å². The molecule has 0 bridgehead atoms. The van der Waals surface area contributed by atoms with Gasteiger partial charge in [-0.2, -0.15) is 0 Å². The minimum atomic E-state index is -0.597. The van der Waals surface area contributed by atoms with E-state index in [0.717, 1.165) is 19.6 Å². The molecular weight excluding hydrogens is 485 g/mol. The Morgan fingerprint density at radius 2 is 1.75 bits per heavy atom. The number of pyridine rings is 1. The van der Waals surface area contributed by atoms with Crippen LogP contribution in [0.25, 0.3) is 16.6 Å². The van der Waals surface area contributed by atoms with Crippen molar-refractivity contribution in [1.29, 1.82) is 0 Å². The SMILES string of the molecule is Cc1c2c(=O)n(-c3ccc(F)c(Cl)c3)[nH]c2cc(=O)n1CC(=O)N1CCN(Cc2ccccc2)CC1. The van der Waals surface area contributed by atoms with Gasteiger partial charge in [-0.15, -0.1) is 0 Å². The molecule has 4 aromatic rings. The molecule has 0 atom stereocenters. The first kappa shape index (κ1) is 24.0. The molecule has 1 aliphatic rings. The van der Waals surface area contributed by atoms with Gasteiger partial charge < -0.3 is 9.47 Å². The Labute approximate surface area is 211 Å². The van der Waals surface area contributed by atoms with E-state index in [2.05, 4.69) is 22.1 Å². The number of fused-ring (bicyclic) bond motifs is 1. The van der Waals surface area contributed by atoms with E-state index in [1.54, 1.807) is 11.8 Å². The van der Waals surface area contributed by atoms with Crippen molar-refractivity contribution in [2.75, 3.05) is 26.2 Å². The molecule has 1 aliphatic heterocycles. The Morgan fingerprint density at radius 1 is 1.03 bits per heavy atom. The maximum atomic E-state index is 13.6. The first-order valence-corrected chi connectivity index (χ1v) is 12.0. The van der Waals surface area contributed by atoms with Crippen LogP contribution in [0.1, 0.15) is 11.3 Å². The average Bonchev–Trinajstić information content (AvgIpc) is 3.20. The van der Waals surface area contributed by atoms with Crippen molar-refractivity contribution in [2.45, 2.75) is 20.0 Å². The van der Waals surface area contributed by atoms with E-state index in [-0.39, 0.29) is 28.4 Å². The number of benzene rings is 2. The number of hydrogen-bond acceptors (Lipinski definition) is 4. The van der Waals surface area contributed by atoms with Gasteiger partial charge in [0.2, 0.25) is 5.91 Å². The van der Waals surface area contributed by atoms with Crippen molar-refractivity contribution in [1.82, 2.24) is 24.1 Å². The second kappa shape index (κ2) is 9.75. The second-order valence-electron chi connectivity index (χ2n) is 8.94. The fraction of sp³-hybridized carbons (Fsp3) is 0.269. The third-order valence-corrected chi connectivity index (χ3v) is 6.94. The molecular formula is C26H25ClFN5O3. The summed E-state index contributed by atoms with van der Waals surface area (Å²) >= 11 is 5.87. The molecule has 1 saturated heterocycles. The number of aromatic amines is 1. The summed E-state index contributed by atoms with van der Waals surface area (Å²) in [4.78, 5) is 43.1. The predicted molar refractivity (Wildman–Crippen MR) is 136 cm³/mol. The number of carbonyl (C=O) groups excluding carboxylic acids is 1. The number of rotatable bonds is 5. The van der Waals surface area contributed by atoms with Crippen molar-refractivity contribution in [2.24, 2.45) is 0 Å². The number of amides is 1. The van der Waals surface area contributed by atoms with E-state index in [1.807, 2.05) is 18.2 Å². The summed E-state index contributed by atoms with van der Waals surface area (Å²) in [6.45, 7) is 4.97. The lowest BCUT2D eigenvalue weighted by molar-refractivity contribution is -0.133. The van der Waals surface area contributed by atoms with Crippen LogP contribution < -0.4 is 11.1 Å². The first-order chi connectivity index (χ1) is 17.3. The molecule has 186 valence electrons. The fourth-order valence-electron chi connectivity index (χ4n) is 4.64. The maximum absolute atomic E-state index is 13.6. The van der Waals surface area contributed by atoms with E-state index < -0.39 is 11.4 Å². The van der Waals surface area contributed by atoms with Gasteiger partial charge in [-0.25, -0.2) is 9.07 Å². The molecule has 2 aromatic heterocycles. The van der Waals surface area contributed by atoms with Gasteiger partial charge in [0.1, 0.15) is 12.4 Å². The van der Waals surface area contributed by atoms with Crippen LogP contribution in [0.4, 0.5) is 4.39 Å². The van der Waals surface area contributed by atoms with Crippen molar-refractivity contribution in [3.05, 3.63) is 97.4 Å². The minimum absolute atomic E-state index is 0.121. The molecule has 0 saturated carbocycles. The fourth-order valence-corrected chi connectivity index (χ4v) is 4.82. The zero-order chi connectivity index (χ0) is 25.4. The Bertz CT molecular complexity index is 1550. The van der Waals surface area contributed by atoms with Gasteiger partial charge in [-0.1, -0.05) is 41.9 Å². The highest BCUT2D eigenvalue weighted by molar-refractivity contribution is 6.30. The molecule has 1 fully saturated rings. The van der Waals surface area contributed by atoms with Gasteiger partial charge in [-0.3, -0.25) is 24.4 Å². The number of piperazine rings is 1. The van der Waals surface area contributed by atoms with Crippen LogP contribution in [0.5, 0.6) is 0 Å². The Balaban J connectivity index is 1.34. The summed E-state index contributed by atoms with van der Waals surface area (Å²) in [6, 6.07) is 15.4. The Hall–Kier alpha value is -3.69. The van der Waals surface area contributed by atoms with Gasteiger partial charge in [0, 0.05) is 44.5 Å². The molecule has 10 heteroatoms. The molecule has 1 N–H and O–H groups in total. The lowest BCUT2D eigenvalue weighted by atomic mass is 10.2. The van der Waals surface area contributed by atoms with E-state index in [4.69, 9.17) is 11.6 Å². The summed E-state index contributed by atoms with van der Waals surface area (Å²) in [5, 5.41) is 3.05. The first-order valence-electron chi connectivity index (χ1n) is 11.7. The van der Waals surface area contributed by atoms with Crippen LogP contribution >= 0.6 is 11.6 Å². The summed E-state index contributed by atoms with van der Waals surface area (Å²) in [5.74, 6) is -0.764. The highest BCUT2D eigenvalue weighted by atomic mass is 35.5. The Kier molecular flexibility index (Phi) is 6.51. The molecule has 0 radical (unpaired) electrons. The van der Waals surface area contributed by atoms with Crippen LogP contribution in [0.15, 0.2) is 64.2 Å². The van der Waals surface area contributed by atoms with E-state index in [0.29, 0.717) is 30.0 Å². The number of aryl methyl sites for hydroxylation is 1. The number of carbonyl (C=O) groups is 1. The summed E-state index contributed by atoms with van der Waals surface area (Å²) in [7, 11) is 0. The number of nitrogens with zero attached hydrogens (tertiary/aromatic N) is 4. The summed E-state index contributed by atoms with van der Waals surface area (Å²) < 4.78 is 16.1. The molecule has 36 heavy (non-hydrogen) atoms. The minimum Gasteiger partial charge on any atom is -0.339 e. The van der Waals surface area contributed by atoms with E-state index in [1.165, 1.54) is 39.1 Å². The average molecular weight is 510 g/mol. The lowest BCUT2D eigenvalue weighted by Crippen LogP contribution is -2.49. The molecule has 0 spiro atoms. The van der Waals surface area contributed by atoms with Crippen molar-refractivity contribution in [3.8, 4) is 5.69 Å². The number of aromatic nitrogens is 3. The molecule has 8 nitrogen and oxygen atoms in total. The molecule has 0 aliphatic carbocycles. The maximum Gasteiger partial charge on any atom is 0.280 e. The number of nitrogens with one attached hydrogen (secondary N) is 1. The van der Waals surface area contributed by atoms with Crippen LogP contribution in [0.2, 0.25) is 5.02 Å². The summed E-state index contributed by atoms with van der Waals surface area (Å²) in [6.07, 6.45) is 0. The highest BCUT2D eigenvalue weighted by Crippen LogP contribution is 2.19. The largest absolute Gasteiger partial charge is 0.339 e. The summed E-state index contributed by atoms with van der Waals surface area (Å²) in [5.41, 5.74) is 1.49. The lowest BCUT2D eigenvalue weighted by Gasteiger charge is -2.35. The van der Waals surface area contributed by atoms with Gasteiger partial charge in [0.25, 0.3) is 11.1 Å². The molecule has 0 unspecified atom stereocenters. The number of H-pyrrole nitrogens is 1. The van der Waals surface area contributed by atoms with Gasteiger partial charge >= 0.3 is 0 Å². The highest BCUT2D eigenvalue weighted by Gasteiger charge is 2.23. The normalized spacial score (nSPS) is 14.5. The topological polar surface area (TPSA) is 83.3 Å². The van der Waals surface area contributed by atoms with Crippen LogP contribution in [0.3, 0.4) is 0 Å². The standard InChI is InChI=1S/C26H25ClFN5O3/c1-17-25-22(29-33(26(25)36)19-7-8-21(28)20(27)13-19)14-23(34)32(17)16-24(35)31-11-9-30(10-12-31)15-18-5-3-2-4-6-18/h2-8,13-14,29H,9-12,15-16H2,1H3. The van der Waals surface area contributed by atoms with E-state index in [9.17, 15) is 18.8 Å². The molecule has 5 rings (SSSR count). The van der Waals surface area contributed by atoms with Crippen molar-refractivity contribution >= 4 is 28.4 Å². The van der Waals surface area contributed by atoms with E-state index >= 15 is 0 Å². The third-order valence-electron chi connectivity index (χ3n) is 6.65. The van der Waals surface area contributed by atoms with Gasteiger partial charge in [-0.05, 0) is 30.7 Å². The monoisotopic (exact) mass is 509 g/mol. The molecule has 2 aromatic carbocycles. The van der Waals surface area contributed by atoms with Crippen LogP contribution in [-0.4, -0.2) is 56.2 Å². The molecule has 3 heterocycles. The zero-order valence-electron chi connectivity index (χ0n) is 19.7. The molecule has 1 amide bonds. The quantitative estimate of drug-likeness (QED) is 0.448. The predicted octanol–water partition coefficient (Wildman–Crippen LogP) is 2.93. The van der Waals surface area contributed by atoms with Crippen LogP contribution in [-0.2, 0) is 17.9 Å². The second-order valence-corrected chi connectivity index (χ2v) is 9.34. The zero-order valence-corrected chi connectivity index (χ0v) is 20.5. The number of halogens is 2. The van der Waals surface area contributed by atoms with Crippen LogP contribution in [0, 0.1) is 12.7 Å². The van der Waals surface area contributed by atoms with Gasteiger partial charge in [0.05, 0.1) is 21.6 Å². The third kappa shape index (κ3) is 4.59. The van der Waals surface area contributed by atoms with Crippen molar-refractivity contribution < 1.29 is 9.18 Å². The smallest absolute Gasteiger partial charge is 0.280 e.